The number of carbonyl (C=O) groups excluding carboxylic acids is 1. The molecule has 0 saturated carbocycles. The molecule has 2 rings (SSSR count). The zero-order valence-electron chi connectivity index (χ0n) is 13.5. The first-order valence-electron chi connectivity index (χ1n) is 8.05. The Bertz CT molecular complexity index is 483. The molecule has 0 radical (unpaired) electrons. The van der Waals surface area contributed by atoms with Gasteiger partial charge < -0.3 is 20.7 Å². The maximum Gasteiger partial charge on any atom is 0.253 e. The third kappa shape index (κ3) is 5.00. The van der Waals surface area contributed by atoms with Gasteiger partial charge in [-0.1, -0.05) is 12.1 Å². The van der Waals surface area contributed by atoms with E-state index in [1.807, 2.05) is 12.1 Å². The number of ether oxygens (including phenoxy) is 1. The van der Waals surface area contributed by atoms with Gasteiger partial charge >= 0.3 is 0 Å². The van der Waals surface area contributed by atoms with E-state index in [0.717, 1.165) is 39.1 Å². The molecule has 3 N–H and O–H groups in total. The molecule has 1 aromatic rings. The smallest absolute Gasteiger partial charge is 0.253 e. The summed E-state index contributed by atoms with van der Waals surface area (Å²) < 4.78 is 5.58. The van der Waals surface area contributed by atoms with Gasteiger partial charge in [-0.05, 0) is 38.8 Å². The number of nitrogen functional groups attached to an aromatic ring is 1. The Kier molecular flexibility index (Phi) is 6.21. The second-order valence-electron chi connectivity index (χ2n) is 6.10. The Balaban J connectivity index is 1.73. The van der Waals surface area contributed by atoms with Crippen LogP contribution in [0.25, 0.3) is 0 Å². The van der Waals surface area contributed by atoms with Gasteiger partial charge in [0.25, 0.3) is 5.91 Å². The third-order valence-corrected chi connectivity index (χ3v) is 3.99. The molecule has 0 aromatic heterocycles. The summed E-state index contributed by atoms with van der Waals surface area (Å²) in [5.74, 6) is -0.0697. The Labute approximate surface area is 132 Å². The number of nitrogens with zero attached hydrogens (tertiary/aromatic N) is 1. The molecule has 1 heterocycles. The third-order valence-electron chi connectivity index (χ3n) is 3.99. The summed E-state index contributed by atoms with van der Waals surface area (Å²) in [6.45, 7) is 7.83. The number of rotatable bonds is 6. The van der Waals surface area contributed by atoms with Crippen LogP contribution in [-0.4, -0.2) is 49.2 Å². The quantitative estimate of drug-likeness (QED) is 0.788. The predicted octanol–water partition coefficient (Wildman–Crippen LogP) is 1.89. The van der Waals surface area contributed by atoms with E-state index in [9.17, 15) is 4.79 Å². The largest absolute Gasteiger partial charge is 0.398 e. The fourth-order valence-corrected chi connectivity index (χ4v) is 2.69. The fraction of sp³-hybridized carbons (Fsp3) is 0.588. The van der Waals surface area contributed by atoms with Crippen LogP contribution in [0.2, 0.25) is 0 Å². The number of piperidine rings is 1. The highest BCUT2D eigenvalue weighted by Crippen LogP contribution is 2.14. The summed E-state index contributed by atoms with van der Waals surface area (Å²) in [6.07, 6.45) is 2.23. The molecular formula is C17H27N3O2. The maximum absolute atomic E-state index is 12.2. The van der Waals surface area contributed by atoms with Crippen LogP contribution < -0.4 is 11.1 Å². The van der Waals surface area contributed by atoms with Gasteiger partial charge in [0.15, 0.2) is 0 Å². The van der Waals surface area contributed by atoms with Crippen molar-refractivity contribution in [1.29, 1.82) is 0 Å². The van der Waals surface area contributed by atoms with Crippen LogP contribution in [0.3, 0.4) is 0 Å². The summed E-state index contributed by atoms with van der Waals surface area (Å²) in [4.78, 5) is 14.6. The van der Waals surface area contributed by atoms with Crippen LogP contribution in [0.15, 0.2) is 24.3 Å². The lowest BCUT2D eigenvalue weighted by atomic mass is 10.0. The number of anilines is 1. The average Bonchev–Trinajstić information content (AvgIpc) is 2.49. The Morgan fingerprint density at radius 1 is 1.36 bits per heavy atom. The maximum atomic E-state index is 12.2. The zero-order valence-corrected chi connectivity index (χ0v) is 13.5. The summed E-state index contributed by atoms with van der Waals surface area (Å²) in [5, 5.41) is 3.09. The first-order valence-corrected chi connectivity index (χ1v) is 8.05. The fourth-order valence-electron chi connectivity index (χ4n) is 2.69. The topological polar surface area (TPSA) is 67.6 Å². The van der Waals surface area contributed by atoms with Crippen LogP contribution in [0, 0.1) is 0 Å². The molecular weight excluding hydrogens is 278 g/mol. The normalized spacial score (nSPS) is 16.9. The number of benzene rings is 1. The summed E-state index contributed by atoms with van der Waals surface area (Å²) in [7, 11) is 0. The van der Waals surface area contributed by atoms with Gasteiger partial charge in [0, 0.05) is 31.4 Å². The molecule has 1 saturated heterocycles. The van der Waals surface area contributed by atoms with E-state index in [0.29, 0.717) is 11.3 Å². The van der Waals surface area contributed by atoms with E-state index in [-0.39, 0.29) is 18.1 Å². The van der Waals surface area contributed by atoms with Gasteiger partial charge in [0.1, 0.15) is 0 Å². The highest BCUT2D eigenvalue weighted by Gasteiger charge is 2.21. The first kappa shape index (κ1) is 16.8. The molecule has 5 heteroatoms. The summed E-state index contributed by atoms with van der Waals surface area (Å²) >= 11 is 0. The molecule has 0 aliphatic carbocycles. The van der Waals surface area contributed by atoms with Crippen LogP contribution in [0.5, 0.6) is 0 Å². The van der Waals surface area contributed by atoms with Crippen molar-refractivity contribution >= 4 is 11.6 Å². The van der Waals surface area contributed by atoms with Gasteiger partial charge in [-0.15, -0.1) is 0 Å². The number of nitrogens with one attached hydrogen (secondary N) is 1. The molecule has 0 unspecified atom stereocenters. The number of hydrogen-bond acceptors (Lipinski definition) is 4. The molecule has 1 aromatic carbocycles. The highest BCUT2D eigenvalue weighted by atomic mass is 16.5. The van der Waals surface area contributed by atoms with Gasteiger partial charge in [0.05, 0.1) is 18.3 Å². The molecule has 122 valence electrons. The minimum Gasteiger partial charge on any atom is -0.398 e. The lowest BCUT2D eigenvalue weighted by Gasteiger charge is -2.32. The van der Waals surface area contributed by atoms with Crippen molar-refractivity contribution in [3.63, 3.8) is 0 Å². The van der Waals surface area contributed by atoms with Crippen molar-refractivity contribution in [2.24, 2.45) is 0 Å². The Morgan fingerprint density at radius 3 is 2.68 bits per heavy atom. The van der Waals surface area contributed by atoms with E-state index in [4.69, 9.17) is 10.5 Å². The second kappa shape index (κ2) is 8.15. The molecule has 0 bridgehead atoms. The molecule has 1 aliphatic heterocycles. The van der Waals surface area contributed by atoms with Gasteiger partial charge in [0.2, 0.25) is 0 Å². The SMILES string of the molecule is CC(C)OCCN1CCC(NC(=O)c2ccccc2N)CC1. The van der Waals surface area contributed by atoms with Crippen molar-refractivity contribution in [3.05, 3.63) is 29.8 Å². The standard InChI is InChI=1S/C17H27N3O2/c1-13(2)22-12-11-20-9-7-14(8-10-20)19-17(21)15-5-3-4-6-16(15)18/h3-6,13-14H,7-12,18H2,1-2H3,(H,19,21). The van der Waals surface area contributed by atoms with Gasteiger partial charge in [-0.25, -0.2) is 0 Å². The lowest BCUT2D eigenvalue weighted by Crippen LogP contribution is -2.45. The molecule has 1 fully saturated rings. The average molecular weight is 305 g/mol. The van der Waals surface area contributed by atoms with Crippen molar-refractivity contribution in [2.45, 2.75) is 38.8 Å². The number of carbonyl (C=O) groups is 1. The molecule has 5 nitrogen and oxygen atoms in total. The van der Waals surface area contributed by atoms with Crippen molar-refractivity contribution in [2.75, 3.05) is 32.0 Å². The van der Waals surface area contributed by atoms with Crippen LogP contribution >= 0.6 is 0 Å². The molecule has 1 aliphatic rings. The van der Waals surface area contributed by atoms with E-state index in [1.165, 1.54) is 0 Å². The summed E-state index contributed by atoms with van der Waals surface area (Å²) in [5.41, 5.74) is 6.94. The van der Waals surface area contributed by atoms with Crippen molar-refractivity contribution < 1.29 is 9.53 Å². The van der Waals surface area contributed by atoms with E-state index < -0.39 is 0 Å². The van der Waals surface area contributed by atoms with Crippen molar-refractivity contribution in [1.82, 2.24) is 10.2 Å². The number of likely N-dealkylation sites (tertiary alicyclic amines) is 1. The van der Waals surface area contributed by atoms with Crippen LogP contribution in [0.4, 0.5) is 5.69 Å². The first-order chi connectivity index (χ1) is 10.6. The van der Waals surface area contributed by atoms with Crippen molar-refractivity contribution in [3.8, 4) is 0 Å². The lowest BCUT2D eigenvalue weighted by molar-refractivity contribution is 0.0520. The molecule has 0 spiro atoms. The van der Waals surface area contributed by atoms with Gasteiger partial charge in [-0.3, -0.25) is 4.79 Å². The van der Waals surface area contributed by atoms with E-state index in [1.54, 1.807) is 12.1 Å². The molecule has 22 heavy (non-hydrogen) atoms. The minimum atomic E-state index is -0.0697. The van der Waals surface area contributed by atoms with E-state index >= 15 is 0 Å². The number of amides is 1. The second-order valence-corrected chi connectivity index (χ2v) is 6.10. The number of para-hydroxylation sites is 1. The molecule has 0 atom stereocenters. The predicted molar refractivity (Wildman–Crippen MR) is 88.9 cm³/mol. The zero-order chi connectivity index (χ0) is 15.9. The summed E-state index contributed by atoms with van der Waals surface area (Å²) in [6, 6.07) is 7.43. The Hall–Kier alpha value is -1.59. The van der Waals surface area contributed by atoms with Crippen LogP contribution in [0.1, 0.15) is 37.0 Å². The monoisotopic (exact) mass is 305 g/mol. The highest BCUT2D eigenvalue weighted by molar-refractivity contribution is 5.99. The Morgan fingerprint density at radius 2 is 2.05 bits per heavy atom. The van der Waals surface area contributed by atoms with Crippen LogP contribution in [-0.2, 0) is 4.74 Å². The number of hydrogen-bond donors (Lipinski definition) is 2. The minimum absolute atomic E-state index is 0.0697. The van der Waals surface area contributed by atoms with Gasteiger partial charge in [-0.2, -0.15) is 0 Å². The van der Waals surface area contributed by atoms with E-state index in [2.05, 4.69) is 24.1 Å². The number of nitrogens with two attached hydrogens (primary N) is 1. The molecule has 1 amide bonds.